The van der Waals surface area contributed by atoms with E-state index in [9.17, 15) is 14.7 Å². The molecule has 0 spiro atoms. The number of ether oxygens (including phenoxy) is 1. The smallest absolute Gasteiger partial charge is 0.307 e. The van der Waals surface area contributed by atoms with E-state index in [1.165, 1.54) is 0 Å². The van der Waals surface area contributed by atoms with Crippen molar-refractivity contribution >= 4 is 11.9 Å². The molecule has 1 atom stereocenters. The molecule has 194 valence electrons. The first-order valence-electron chi connectivity index (χ1n) is 12.7. The van der Waals surface area contributed by atoms with Crippen LogP contribution in [0.15, 0.2) is 91.3 Å². The summed E-state index contributed by atoms with van der Waals surface area (Å²) in [5.74, 6) is -0.332. The summed E-state index contributed by atoms with van der Waals surface area (Å²) in [6.45, 7) is 2.84. The molecular formula is C31H31N3O4. The molecule has 0 saturated heterocycles. The number of hydrogen-bond acceptors (Lipinski definition) is 5. The molecule has 1 amide bonds. The van der Waals surface area contributed by atoms with E-state index >= 15 is 0 Å². The molecule has 0 radical (unpaired) electrons. The standard InChI is InChI=1S/C31H31N3O4/c1-2-17-38-28-14-9-23(19-26(31(36)37)18-22-7-4-3-5-8-22)20-27(28)21-34-30(35)25-12-10-24(11-13-25)29-32-15-6-16-33-29/h3-16,20,26H,2,17-19,21H2,1H3,(H,34,35)(H,36,37). The predicted molar refractivity (Wildman–Crippen MR) is 146 cm³/mol. The SMILES string of the molecule is CCCOc1ccc(CC(Cc2ccccc2)C(=O)O)cc1CNC(=O)c1ccc(-c2ncccn2)cc1. The zero-order valence-electron chi connectivity index (χ0n) is 21.3. The van der Waals surface area contributed by atoms with Gasteiger partial charge in [-0.3, -0.25) is 9.59 Å². The maximum atomic E-state index is 12.9. The Morgan fingerprint density at radius 3 is 2.29 bits per heavy atom. The summed E-state index contributed by atoms with van der Waals surface area (Å²) < 4.78 is 5.91. The van der Waals surface area contributed by atoms with Gasteiger partial charge in [-0.1, -0.05) is 61.5 Å². The number of nitrogens with zero attached hydrogens (tertiary/aromatic N) is 2. The van der Waals surface area contributed by atoms with E-state index in [0.717, 1.165) is 28.7 Å². The lowest BCUT2D eigenvalue weighted by Crippen LogP contribution is -2.23. The summed E-state index contributed by atoms with van der Waals surface area (Å²) in [6.07, 6.45) is 5.02. The molecule has 4 aromatic rings. The third kappa shape index (κ3) is 7.26. The minimum atomic E-state index is -0.834. The highest BCUT2D eigenvalue weighted by Gasteiger charge is 2.20. The first-order chi connectivity index (χ1) is 18.5. The molecule has 1 heterocycles. The van der Waals surface area contributed by atoms with Crippen LogP contribution in [0, 0.1) is 5.92 Å². The Kier molecular flexibility index (Phi) is 9.18. The van der Waals surface area contributed by atoms with E-state index in [1.54, 1.807) is 30.6 Å². The molecule has 3 aromatic carbocycles. The number of carbonyl (C=O) groups is 2. The van der Waals surface area contributed by atoms with Crippen LogP contribution in [-0.4, -0.2) is 33.6 Å². The Bertz CT molecular complexity index is 1340. The summed E-state index contributed by atoms with van der Waals surface area (Å²) in [7, 11) is 0. The summed E-state index contributed by atoms with van der Waals surface area (Å²) in [4.78, 5) is 33.4. The molecule has 0 aliphatic rings. The summed E-state index contributed by atoms with van der Waals surface area (Å²) in [5, 5.41) is 12.8. The molecule has 38 heavy (non-hydrogen) atoms. The van der Waals surface area contributed by atoms with E-state index in [1.807, 2.05) is 67.6 Å². The number of carboxylic acids is 1. The first kappa shape index (κ1) is 26.5. The fourth-order valence-electron chi connectivity index (χ4n) is 4.18. The Hall–Kier alpha value is -4.52. The topological polar surface area (TPSA) is 101 Å². The number of aromatic nitrogens is 2. The lowest BCUT2D eigenvalue weighted by atomic mass is 9.92. The molecular weight excluding hydrogens is 478 g/mol. The van der Waals surface area contributed by atoms with Crippen molar-refractivity contribution in [2.75, 3.05) is 6.61 Å². The molecule has 1 aromatic heterocycles. The van der Waals surface area contributed by atoms with Gasteiger partial charge in [0.2, 0.25) is 0 Å². The quantitative estimate of drug-likeness (QED) is 0.267. The minimum absolute atomic E-state index is 0.218. The van der Waals surface area contributed by atoms with Crippen LogP contribution in [0.3, 0.4) is 0 Å². The molecule has 0 aliphatic carbocycles. The van der Waals surface area contributed by atoms with Crippen LogP contribution in [0.1, 0.15) is 40.4 Å². The molecule has 0 bridgehead atoms. The molecule has 0 saturated carbocycles. The van der Waals surface area contributed by atoms with Gasteiger partial charge in [0, 0.05) is 35.6 Å². The third-order valence-electron chi connectivity index (χ3n) is 6.15. The van der Waals surface area contributed by atoms with E-state index < -0.39 is 11.9 Å². The molecule has 4 rings (SSSR count). The number of nitrogens with one attached hydrogen (secondary N) is 1. The van der Waals surface area contributed by atoms with Crippen LogP contribution in [0.25, 0.3) is 11.4 Å². The van der Waals surface area contributed by atoms with Crippen LogP contribution < -0.4 is 10.1 Å². The second kappa shape index (κ2) is 13.1. The lowest BCUT2D eigenvalue weighted by Gasteiger charge is -2.16. The number of benzene rings is 3. The van der Waals surface area contributed by atoms with Crippen LogP contribution in [-0.2, 0) is 24.2 Å². The van der Waals surface area contributed by atoms with Gasteiger partial charge < -0.3 is 15.2 Å². The van der Waals surface area contributed by atoms with Gasteiger partial charge in [-0.25, -0.2) is 9.97 Å². The van der Waals surface area contributed by atoms with Gasteiger partial charge in [0.05, 0.1) is 12.5 Å². The average Bonchev–Trinajstić information content (AvgIpc) is 2.96. The summed E-state index contributed by atoms with van der Waals surface area (Å²) in [5.41, 5.74) is 4.02. The highest BCUT2D eigenvalue weighted by Crippen LogP contribution is 2.24. The number of carbonyl (C=O) groups excluding carboxylic acids is 1. The molecule has 7 nitrogen and oxygen atoms in total. The van der Waals surface area contributed by atoms with Crippen molar-refractivity contribution in [3.05, 3.63) is 114 Å². The van der Waals surface area contributed by atoms with Crippen molar-refractivity contribution in [3.8, 4) is 17.1 Å². The van der Waals surface area contributed by atoms with E-state index in [4.69, 9.17) is 4.74 Å². The van der Waals surface area contributed by atoms with Crippen molar-refractivity contribution < 1.29 is 19.4 Å². The zero-order valence-corrected chi connectivity index (χ0v) is 21.3. The van der Waals surface area contributed by atoms with Gasteiger partial charge in [-0.2, -0.15) is 0 Å². The molecule has 0 fully saturated rings. The van der Waals surface area contributed by atoms with Crippen LogP contribution in [0.2, 0.25) is 0 Å². The van der Waals surface area contributed by atoms with Crippen molar-refractivity contribution in [2.24, 2.45) is 5.92 Å². The third-order valence-corrected chi connectivity index (χ3v) is 6.15. The highest BCUT2D eigenvalue weighted by atomic mass is 16.5. The van der Waals surface area contributed by atoms with Crippen molar-refractivity contribution in [1.82, 2.24) is 15.3 Å². The minimum Gasteiger partial charge on any atom is -0.493 e. The van der Waals surface area contributed by atoms with Crippen LogP contribution in [0.4, 0.5) is 0 Å². The number of hydrogen-bond donors (Lipinski definition) is 2. The number of rotatable bonds is 12. The Morgan fingerprint density at radius 1 is 0.895 bits per heavy atom. The number of amides is 1. The monoisotopic (exact) mass is 509 g/mol. The fraction of sp³-hybridized carbons (Fsp3) is 0.226. The van der Waals surface area contributed by atoms with E-state index in [0.29, 0.717) is 36.6 Å². The fourth-order valence-corrected chi connectivity index (χ4v) is 4.18. The Morgan fingerprint density at radius 2 is 1.61 bits per heavy atom. The second-order valence-electron chi connectivity index (χ2n) is 9.05. The number of aliphatic carboxylic acids is 1. The molecule has 0 aliphatic heterocycles. The van der Waals surface area contributed by atoms with Gasteiger partial charge in [-0.15, -0.1) is 0 Å². The van der Waals surface area contributed by atoms with E-state index in [-0.39, 0.29) is 12.5 Å². The molecule has 1 unspecified atom stereocenters. The average molecular weight is 510 g/mol. The Balaban J connectivity index is 1.46. The normalized spacial score (nSPS) is 11.5. The molecule has 7 heteroatoms. The van der Waals surface area contributed by atoms with Crippen LogP contribution >= 0.6 is 0 Å². The van der Waals surface area contributed by atoms with Crippen LogP contribution in [0.5, 0.6) is 5.75 Å². The van der Waals surface area contributed by atoms with Gasteiger partial charge in [0.1, 0.15) is 5.75 Å². The molecule has 2 N–H and O–H groups in total. The van der Waals surface area contributed by atoms with Gasteiger partial charge in [0.25, 0.3) is 5.91 Å². The number of carboxylic acid groups (broad SMARTS) is 1. The van der Waals surface area contributed by atoms with Crippen molar-refractivity contribution in [1.29, 1.82) is 0 Å². The largest absolute Gasteiger partial charge is 0.493 e. The van der Waals surface area contributed by atoms with Gasteiger partial charge in [-0.05, 0) is 54.7 Å². The van der Waals surface area contributed by atoms with Gasteiger partial charge >= 0.3 is 5.97 Å². The van der Waals surface area contributed by atoms with Crippen molar-refractivity contribution in [2.45, 2.75) is 32.7 Å². The lowest BCUT2D eigenvalue weighted by molar-refractivity contribution is -0.141. The summed E-state index contributed by atoms with van der Waals surface area (Å²) in [6, 6.07) is 24.2. The second-order valence-corrected chi connectivity index (χ2v) is 9.05. The van der Waals surface area contributed by atoms with E-state index in [2.05, 4.69) is 15.3 Å². The first-order valence-corrected chi connectivity index (χ1v) is 12.7. The zero-order chi connectivity index (χ0) is 26.7. The maximum Gasteiger partial charge on any atom is 0.307 e. The summed E-state index contributed by atoms with van der Waals surface area (Å²) >= 11 is 0. The highest BCUT2D eigenvalue weighted by molar-refractivity contribution is 5.94. The Labute approximate surface area is 222 Å². The van der Waals surface area contributed by atoms with Gasteiger partial charge in [0.15, 0.2) is 5.82 Å². The van der Waals surface area contributed by atoms with Crippen molar-refractivity contribution in [3.63, 3.8) is 0 Å². The maximum absolute atomic E-state index is 12.9. The predicted octanol–water partition coefficient (Wildman–Crippen LogP) is 5.35.